The van der Waals surface area contributed by atoms with Crippen molar-refractivity contribution < 1.29 is 19.2 Å². The molecule has 1 atom stereocenters. The van der Waals surface area contributed by atoms with Crippen LogP contribution < -0.4 is 0 Å². The minimum absolute atomic E-state index is 0.132. The van der Waals surface area contributed by atoms with E-state index in [1.54, 1.807) is 6.08 Å². The predicted molar refractivity (Wildman–Crippen MR) is 74.7 cm³/mol. The molecule has 108 valence electrons. The molecule has 1 fully saturated rings. The first-order chi connectivity index (χ1) is 10.2. The number of carbonyl (C=O) groups excluding carboxylic acids is 2. The molecule has 0 bridgehead atoms. The fraction of sp³-hybridized carbons (Fsp3) is 0.250. The van der Waals surface area contributed by atoms with Crippen molar-refractivity contribution in [2.24, 2.45) is 0 Å². The monoisotopic (exact) mass is 285 g/mol. The lowest BCUT2D eigenvalue weighted by Gasteiger charge is -2.49. The Bertz CT molecular complexity index is 635. The van der Waals surface area contributed by atoms with Crippen LogP contribution in [0.2, 0.25) is 0 Å². The lowest BCUT2D eigenvalue weighted by molar-refractivity contribution is -0.249. The van der Waals surface area contributed by atoms with Crippen LogP contribution in [0, 0.1) is 0 Å². The van der Waals surface area contributed by atoms with Crippen LogP contribution in [-0.4, -0.2) is 29.4 Å². The van der Waals surface area contributed by atoms with E-state index in [-0.39, 0.29) is 24.7 Å². The van der Waals surface area contributed by atoms with Gasteiger partial charge in [-0.25, -0.2) is 5.06 Å². The number of amides is 1. The van der Waals surface area contributed by atoms with E-state index in [2.05, 4.69) is 0 Å². The molecule has 1 heterocycles. The molecule has 1 aliphatic heterocycles. The van der Waals surface area contributed by atoms with Crippen molar-refractivity contribution in [1.82, 2.24) is 5.06 Å². The summed E-state index contributed by atoms with van der Waals surface area (Å²) in [4.78, 5) is 28.9. The Labute approximate surface area is 122 Å². The third-order valence-electron chi connectivity index (χ3n) is 3.66. The Balaban J connectivity index is 1.78. The van der Waals surface area contributed by atoms with Gasteiger partial charge in [0.05, 0.1) is 13.5 Å². The van der Waals surface area contributed by atoms with Crippen molar-refractivity contribution in [2.75, 3.05) is 7.11 Å². The highest BCUT2D eigenvalue weighted by atomic mass is 16.7. The highest BCUT2D eigenvalue weighted by Crippen LogP contribution is 2.42. The maximum absolute atomic E-state index is 11.9. The molecule has 0 radical (unpaired) electrons. The molecule has 1 saturated heterocycles. The molecule has 1 spiro atoms. The van der Waals surface area contributed by atoms with Crippen molar-refractivity contribution in [3.8, 4) is 0 Å². The van der Waals surface area contributed by atoms with E-state index in [1.807, 2.05) is 30.3 Å². The van der Waals surface area contributed by atoms with Gasteiger partial charge < -0.3 is 4.74 Å². The number of ether oxygens (including phenoxy) is 1. The first-order valence-electron chi connectivity index (χ1n) is 6.65. The molecule has 1 aliphatic carbocycles. The summed E-state index contributed by atoms with van der Waals surface area (Å²) in [6.45, 7) is 0.285. The number of carbonyl (C=O) groups is 2. The van der Waals surface area contributed by atoms with E-state index >= 15 is 0 Å². The van der Waals surface area contributed by atoms with Gasteiger partial charge in [0.2, 0.25) is 0 Å². The zero-order chi connectivity index (χ0) is 14.9. The molecule has 0 saturated carbocycles. The normalized spacial score (nSPS) is 24.0. The smallest absolute Gasteiger partial charge is 0.250 e. The van der Waals surface area contributed by atoms with E-state index < -0.39 is 5.54 Å². The van der Waals surface area contributed by atoms with Crippen LogP contribution >= 0.6 is 0 Å². The Kier molecular flexibility index (Phi) is 3.35. The number of methoxy groups -OCH3 is 1. The number of hydrogen-bond acceptors (Lipinski definition) is 4. The molecular formula is C16H15NO4. The fourth-order valence-corrected chi connectivity index (χ4v) is 2.56. The average Bonchev–Trinajstić information content (AvgIpc) is 2.50. The molecule has 5 heteroatoms. The summed E-state index contributed by atoms with van der Waals surface area (Å²) in [5.74, 6) is 0.148. The van der Waals surface area contributed by atoms with E-state index in [9.17, 15) is 9.59 Å². The molecule has 5 nitrogen and oxygen atoms in total. The number of allylic oxidation sites excluding steroid dienone is 2. The number of ketones is 1. The van der Waals surface area contributed by atoms with Gasteiger partial charge in [0.15, 0.2) is 11.3 Å². The molecular weight excluding hydrogens is 270 g/mol. The molecule has 1 aromatic carbocycles. The molecule has 3 rings (SSSR count). The van der Waals surface area contributed by atoms with Crippen molar-refractivity contribution in [1.29, 1.82) is 0 Å². The Morgan fingerprint density at radius 1 is 1.24 bits per heavy atom. The van der Waals surface area contributed by atoms with Gasteiger partial charge in [-0.1, -0.05) is 30.3 Å². The van der Waals surface area contributed by atoms with Crippen LogP contribution in [0.15, 0.2) is 54.3 Å². The summed E-state index contributed by atoms with van der Waals surface area (Å²) < 4.78 is 5.27. The van der Waals surface area contributed by atoms with Crippen LogP contribution in [0.5, 0.6) is 0 Å². The number of hydroxylamine groups is 2. The number of nitrogens with zero attached hydrogens (tertiary/aromatic N) is 1. The molecule has 0 N–H and O–H groups in total. The number of benzene rings is 1. The van der Waals surface area contributed by atoms with Gasteiger partial charge in [-0.15, -0.1) is 0 Å². The Morgan fingerprint density at radius 3 is 2.67 bits per heavy atom. The first kappa shape index (κ1) is 13.6. The van der Waals surface area contributed by atoms with Crippen molar-refractivity contribution in [3.63, 3.8) is 0 Å². The quantitative estimate of drug-likeness (QED) is 0.791. The molecule has 2 aliphatic rings. The Morgan fingerprint density at radius 2 is 2.00 bits per heavy atom. The maximum atomic E-state index is 11.9. The minimum atomic E-state index is -0.783. The predicted octanol–water partition coefficient (Wildman–Crippen LogP) is 1.76. The average molecular weight is 285 g/mol. The third kappa shape index (κ3) is 2.25. The van der Waals surface area contributed by atoms with E-state index in [1.165, 1.54) is 24.3 Å². The van der Waals surface area contributed by atoms with Gasteiger partial charge in [0, 0.05) is 6.08 Å². The number of β-lactam (4-membered cyclic amide) rings is 1. The topological polar surface area (TPSA) is 55.8 Å². The molecule has 21 heavy (non-hydrogen) atoms. The van der Waals surface area contributed by atoms with Crippen molar-refractivity contribution in [2.45, 2.75) is 18.6 Å². The summed E-state index contributed by atoms with van der Waals surface area (Å²) in [6, 6.07) is 9.58. The minimum Gasteiger partial charge on any atom is -0.498 e. The van der Waals surface area contributed by atoms with Gasteiger partial charge in [0.1, 0.15) is 12.4 Å². The second-order valence-electron chi connectivity index (χ2n) is 5.00. The fourth-order valence-electron chi connectivity index (χ4n) is 2.56. The SMILES string of the molecule is COC1=CC(=O)C=CC12CC(=O)N2OCc1ccccc1. The maximum Gasteiger partial charge on any atom is 0.250 e. The summed E-state index contributed by atoms with van der Waals surface area (Å²) in [5.41, 5.74) is 0.181. The summed E-state index contributed by atoms with van der Waals surface area (Å²) in [7, 11) is 1.48. The van der Waals surface area contributed by atoms with Crippen molar-refractivity contribution >= 4 is 11.7 Å². The summed E-state index contributed by atoms with van der Waals surface area (Å²) >= 11 is 0. The van der Waals surface area contributed by atoms with Crippen LogP contribution in [0.1, 0.15) is 12.0 Å². The zero-order valence-electron chi connectivity index (χ0n) is 11.6. The zero-order valence-corrected chi connectivity index (χ0v) is 11.6. The molecule has 1 aromatic rings. The summed E-state index contributed by atoms with van der Waals surface area (Å²) in [6.07, 6.45) is 4.74. The van der Waals surface area contributed by atoms with Gasteiger partial charge in [0.25, 0.3) is 5.91 Å². The highest BCUT2D eigenvalue weighted by Gasteiger charge is 2.55. The first-order valence-corrected chi connectivity index (χ1v) is 6.65. The van der Waals surface area contributed by atoms with Gasteiger partial charge >= 0.3 is 0 Å². The number of rotatable bonds is 4. The molecule has 1 amide bonds. The largest absolute Gasteiger partial charge is 0.498 e. The molecule has 1 unspecified atom stereocenters. The van der Waals surface area contributed by atoms with Gasteiger partial charge in [-0.05, 0) is 17.7 Å². The van der Waals surface area contributed by atoms with E-state index in [0.29, 0.717) is 5.76 Å². The lowest BCUT2D eigenvalue weighted by atomic mass is 9.80. The summed E-state index contributed by atoms with van der Waals surface area (Å²) in [5, 5.41) is 1.29. The second kappa shape index (κ2) is 5.18. The van der Waals surface area contributed by atoms with E-state index in [4.69, 9.17) is 9.57 Å². The van der Waals surface area contributed by atoms with Crippen LogP contribution in [0.25, 0.3) is 0 Å². The Hall–Kier alpha value is -2.40. The van der Waals surface area contributed by atoms with Crippen LogP contribution in [0.3, 0.4) is 0 Å². The third-order valence-corrected chi connectivity index (χ3v) is 3.66. The van der Waals surface area contributed by atoms with E-state index in [0.717, 1.165) is 5.56 Å². The van der Waals surface area contributed by atoms with Gasteiger partial charge in [-0.3, -0.25) is 14.4 Å². The van der Waals surface area contributed by atoms with Crippen LogP contribution in [-0.2, 0) is 25.8 Å². The standard InChI is InChI=1S/C16H15NO4/c1-20-14-9-13(18)7-8-16(14)10-15(19)17(16)21-11-12-5-3-2-4-6-12/h2-9H,10-11H2,1H3. The van der Waals surface area contributed by atoms with Crippen molar-refractivity contribution in [3.05, 3.63) is 59.9 Å². The highest BCUT2D eigenvalue weighted by molar-refractivity contribution is 6.02. The number of hydrogen-bond donors (Lipinski definition) is 0. The molecule has 0 aromatic heterocycles. The van der Waals surface area contributed by atoms with Crippen LogP contribution in [0.4, 0.5) is 0 Å². The van der Waals surface area contributed by atoms with Gasteiger partial charge in [-0.2, -0.15) is 0 Å². The lowest BCUT2D eigenvalue weighted by Crippen LogP contribution is -2.64. The second-order valence-corrected chi connectivity index (χ2v) is 5.00.